The van der Waals surface area contributed by atoms with Gasteiger partial charge in [0.25, 0.3) is 0 Å². The Kier molecular flexibility index (Phi) is 4.19. The van der Waals surface area contributed by atoms with E-state index in [9.17, 15) is 19.8 Å². The minimum Gasteiger partial charge on any atom is -0.395 e. The van der Waals surface area contributed by atoms with Crippen molar-refractivity contribution in [3.63, 3.8) is 0 Å². The Labute approximate surface area is 149 Å². The standard InChI is InChI=1S/C21H30O4/c1-20-7-2-3-16(20)14-5-4-13-9-18(24)15(19(25)11-22)10-21(13,12-23)17(14)6-8-20/h9,14-17,22-23H,2-8,10-12H2,1H3/t14-,15?,16-,17+,20-,21+/m0/s1. The predicted octanol–water partition coefficient (Wildman–Crippen LogP) is 2.67. The molecule has 2 N–H and O–H groups in total. The lowest BCUT2D eigenvalue weighted by Gasteiger charge is -2.58. The Morgan fingerprint density at radius 3 is 2.72 bits per heavy atom. The molecule has 6 atom stereocenters. The molecular weight excluding hydrogens is 316 g/mol. The highest BCUT2D eigenvalue weighted by atomic mass is 16.3. The minimum atomic E-state index is -0.767. The first kappa shape index (κ1) is 17.4. The summed E-state index contributed by atoms with van der Waals surface area (Å²) >= 11 is 0. The third-order valence-electron chi connectivity index (χ3n) is 8.37. The predicted molar refractivity (Wildman–Crippen MR) is 93.7 cm³/mol. The number of Topliss-reactive ketones (excluding diaryl/α,β-unsaturated/α-hetero) is 1. The van der Waals surface area contributed by atoms with E-state index in [1.165, 1.54) is 25.7 Å². The number of carbonyl (C=O) groups excluding carboxylic acids is 2. The van der Waals surface area contributed by atoms with Gasteiger partial charge in [-0.3, -0.25) is 9.59 Å². The average Bonchev–Trinajstić information content (AvgIpc) is 3.02. The lowest BCUT2D eigenvalue weighted by Crippen LogP contribution is -2.54. The zero-order valence-electron chi connectivity index (χ0n) is 15.2. The van der Waals surface area contributed by atoms with E-state index in [0.717, 1.165) is 30.8 Å². The fourth-order valence-corrected chi connectivity index (χ4v) is 7.08. The molecule has 4 heteroatoms. The van der Waals surface area contributed by atoms with Gasteiger partial charge in [0, 0.05) is 5.41 Å². The quantitative estimate of drug-likeness (QED) is 0.771. The third kappa shape index (κ3) is 2.40. The molecule has 0 heterocycles. The Morgan fingerprint density at radius 2 is 2.00 bits per heavy atom. The molecular formula is C21H30O4. The van der Waals surface area contributed by atoms with Crippen LogP contribution in [0.3, 0.4) is 0 Å². The topological polar surface area (TPSA) is 74.6 Å². The maximum absolute atomic E-state index is 12.4. The highest BCUT2D eigenvalue weighted by Crippen LogP contribution is 2.65. The monoisotopic (exact) mass is 346 g/mol. The summed E-state index contributed by atoms with van der Waals surface area (Å²) in [5.74, 6) is 0.367. The van der Waals surface area contributed by atoms with Crippen molar-refractivity contribution >= 4 is 11.6 Å². The molecule has 0 aromatic heterocycles. The molecule has 3 saturated carbocycles. The first-order chi connectivity index (χ1) is 11.9. The molecule has 0 saturated heterocycles. The molecule has 25 heavy (non-hydrogen) atoms. The van der Waals surface area contributed by atoms with Gasteiger partial charge in [0.15, 0.2) is 11.6 Å². The Balaban J connectivity index is 1.72. The molecule has 0 bridgehead atoms. The first-order valence-corrected chi connectivity index (χ1v) is 9.94. The zero-order valence-corrected chi connectivity index (χ0v) is 15.2. The lowest BCUT2D eigenvalue weighted by atomic mass is 9.46. The van der Waals surface area contributed by atoms with Crippen molar-refractivity contribution in [2.75, 3.05) is 13.2 Å². The van der Waals surface area contributed by atoms with Gasteiger partial charge in [-0.05, 0) is 74.2 Å². The van der Waals surface area contributed by atoms with Crippen LogP contribution in [0.1, 0.15) is 58.3 Å². The van der Waals surface area contributed by atoms with Crippen LogP contribution in [0, 0.1) is 34.5 Å². The second-order valence-corrected chi connectivity index (χ2v) is 9.27. The number of ketones is 2. The van der Waals surface area contributed by atoms with Gasteiger partial charge < -0.3 is 10.2 Å². The van der Waals surface area contributed by atoms with Crippen LogP contribution in [0.25, 0.3) is 0 Å². The van der Waals surface area contributed by atoms with Crippen LogP contribution in [0.4, 0.5) is 0 Å². The van der Waals surface area contributed by atoms with Crippen molar-refractivity contribution < 1.29 is 19.8 Å². The normalized spacial score (nSPS) is 46.0. The third-order valence-corrected chi connectivity index (χ3v) is 8.37. The summed E-state index contributed by atoms with van der Waals surface area (Å²) < 4.78 is 0. The zero-order chi connectivity index (χ0) is 17.8. The van der Waals surface area contributed by atoms with Crippen molar-refractivity contribution in [1.29, 1.82) is 0 Å². The van der Waals surface area contributed by atoms with E-state index in [2.05, 4.69) is 6.92 Å². The molecule has 0 aromatic rings. The molecule has 0 aromatic carbocycles. The van der Waals surface area contributed by atoms with Crippen molar-refractivity contribution in [1.82, 2.24) is 0 Å². The van der Waals surface area contributed by atoms with Crippen LogP contribution in [0.15, 0.2) is 11.6 Å². The number of hydrogen-bond acceptors (Lipinski definition) is 4. The summed E-state index contributed by atoms with van der Waals surface area (Å²) in [6, 6.07) is 0. The van der Waals surface area contributed by atoms with Gasteiger partial charge in [-0.1, -0.05) is 18.9 Å². The van der Waals surface area contributed by atoms with Gasteiger partial charge in [0.05, 0.1) is 12.5 Å². The van der Waals surface area contributed by atoms with Gasteiger partial charge in [-0.15, -0.1) is 0 Å². The Hall–Kier alpha value is -1.00. The van der Waals surface area contributed by atoms with Crippen molar-refractivity contribution in [2.45, 2.75) is 58.3 Å². The molecule has 1 unspecified atom stereocenters. The summed E-state index contributed by atoms with van der Waals surface area (Å²) in [6.07, 6.45) is 10.2. The smallest absolute Gasteiger partial charge is 0.168 e. The number of hydrogen-bond donors (Lipinski definition) is 2. The Bertz CT molecular complexity index is 623. The van der Waals surface area contributed by atoms with E-state index in [0.29, 0.717) is 23.7 Å². The summed E-state index contributed by atoms with van der Waals surface area (Å²) in [6.45, 7) is 1.88. The molecule has 0 amide bonds. The van der Waals surface area contributed by atoms with Crippen LogP contribution in [-0.4, -0.2) is 35.0 Å². The summed E-state index contributed by atoms with van der Waals surface area (Å²) in [5, 5.41) is 19.7. The second kappa shape index (κ2) is 6.02. The molecule has 4 nitrogen and oxygen atoms in total. The highest BCUT2D eigenvalue weighted by Gasteiger charge is 2.59. The average molecular weight is 346 g/mol. The fraction of sp³-hybridized carbons (Fsp3) is 0.810. The van der Waals surface area contributed by atoms with Crippen LogP contribution < -0.4 is 0 Å². The fourth-order valence-electron chi connectivity index (χ4n) is 7.08. The maximum Gasteiger partial charge on any atom is 0.168 e. The highest BCUT2D eigenvalue weighted by molar-refractivity contribution is 6.09. The molecule has 4 rings (SSSR count). The molecule has 0 spiro atoms. The summed E-state index contributed by atoms with van der Waals surface area (Å²) in [5.41, 5.74) is 1.10. The maximum atomic E-state index is 12.4. The number of aliphatic hydroxyl groups is 2. The van der Waals surface area contributed by atoms with E-state index in [-0.39, 0.29) is 12.4 Å². The van der Waals surface area contributed by atoms with E-state index in [1.54, 1.807) is 6.08 Å². The van der Waals surface area contributed by atoms with E-state index < -0.39 is 23.7 Å². The first-order valence-electron chi connectivity index (χ1n) is 9.94. The molecule has 0 radical (unpaired) electrons. The SMILES string of the molecule is C[C@@]12CCC[C@H]1[C@@H]1CCC3=CC(=O)C(C(=O)CO)C[C@]3(CO)[C@@H]1CC2. The van der Waals surface area contributed by atoms with Gasteiger partial charge in [-0.25, -0.2) is 0 Å². The lowest BCUT2D eigenvalue weighted by molar-refractivity contribution is -0.138. The van der Waals surface area contributed by atoms with Gasteiger partial charge in [0.1, 0.15) is 6.61 Å². The van der Waals surface area contributed by atoms with Crippen molar-refractivity contribution in [3.05, 3.63) is 11.6 Å². The van der Waals surface area contributed by atoms with Crippen molar-refractivity contribution in [3.8, 4) is 0 Å². The van der Waals surface area contributed by atoms with E-state index >= 15 is 0 Å². The molecule has 4 aliphatic carbocycles. The second-order valence-electron chi connectivity index (χ2n) is 9.27. The van der Waals surface area contributed by atoms with Crippen LogP contribution in [-0.2, 0) is 9.59 Å². The molecule has 0 aliphatic heterocycles. The van der Waals surface area contributed by atoms with Gasteiger partial charge >= 0.3 is 0 Å². The van der Waals surface area contributed by atoms with Crippen molar-refractivity contribution in [2.24, 2.45) is 34.5 Å². The van der Waals surface area contributed by atoms with Gasteiger partial charge in [0.2, 0.25) is 0 Å². The Morgan fingerprint density at radius 1 is 1.20 bits per heavy atom. The number of carbonyl (C=O) groups is 2. The van der Waals surface area contributed by atoms with E-state index in [4.69, 9.17) is 0 Å². The minimum absolute atomic E-state index is 0.0198. The molecule has 138 valence electrons. The number of aliphatic hydroxyl groups excluding tert-OH is 2. The number of rotatable bonds is 3. The number of fused-ring (bicyclic) bond motifs is 5. The molecule has 3 fully saturated rings. The largest absolute Gasteiger partial charge is 0.395 e. The van der Waals surface area contributed by atoms with Crippen LogP contribution >= 0.6 is 0 Å². The van der Waals surface area contributed by atoms with Gasteiger partial charge in [-0.2, -0.15) is 0 Å². The van der Waals surface area contributed by atoms with Crippen LogP contribution in [0.5, 0.6) is 0 Å². The van der Waals surface area contributed by atoms with Crippen LogP contribution in [0.2, 0.25) is 0 Å². The van der Waals surface area contributed by atoms with E-state index in [1.807, 2.05) is 0 Å². The summed E-state index contributed by atoms with van der Waals surface area (Å²) in [4.78, 5) is 24.5. The summed E-state index contributed by atoms with van der Waals surface area (Å²) in [7, 11) is 0. The molecule has 4 aliphatic rings.